The van der Waals surface area contributed by atoms with Gasteiger partial charge in [-0.25, -0.2) is 4.79 Å². The Morgan fingerprint density at radius 3 is 2.25 bits per heavy atom. The minimum Gasteiger partial charge on any atom is -0.481 e. The zero-order valence-electron chi connectivity index (χ0n) is 12.4. The summed E-state index contributed by atoms with van der Waals surface area (Å²) >= 11 is 0. The number of carbonyl (C=O) groups is 2. The quantitative estimate of drug-likeness (QED) is 0.870. The van der Waals surface area contributed by atoms with E-state index in [-0.39, 0.29) is 12.6 Å². The van der Waals surface area contributed by atoms with Crippen molar-refractivity contribution in [1.29, 1.82) is 0 Å². The number of benzene rings is 1. The third-order valence-electron chi connectivity index (χ3n) is 3.17. The lowest BCUT2D eigenvalue weighted by atomic mass is 9.94. The van der Waals surface area contributed by atoms with Crippen LogP contribution in [0, 0.1) is 12.3 Å². The third-order valence-corrected chi connectivity index (χ3v) is 3.17. The molecule has 110 valence electrons. The summed E-state index contributed by atoms with van der Waals surface area (Å²) in [6.07, 6.45) is 0. The maximum atomic E-state index is 12.2. The first kappa shape index (κ1) is 16.0. The molecule has 5 nitrogen and oxygen atoms in total. The van der Waals surface area contributed by atoms with Crippen LogP contribution in [-0.4, -0.2) is 30.2 Å². The summed E-state index contributed by atoms with van der Waals surface area (Å²) in [6.45, 7) is 7.62. The lowest BCUT2D eigenvalue weighted by Crippen LogP contribution is -2.45. The van der Waals surface area contributed by atoms with E-state index in [9.17, 15) is 9.59 Å². The van der Waals surface area contributed by atoms with Crippen LogP contribution >= 0.6 is 0 Å². The van der Waals surface area contributed by atoms with E-state index in [1.807, 2.05) is 38.1 Å². The molecule has 0 spiro atoms. The van der Waals surface area contributed by atoms with Gasteiger partial charge in [-0.2, -0.15) is 0 Å². The van der Waals surface area contributed by atoms with Crippen LogP contribution in [-0.2, 0) is 4.79 Å². The second-order valence-corrected chi connectivity index (χ2v) is 5.43. The first-order valence-corrected chi connectivity index (χ1v) is 6.63. The SMILES string of the molecule is CCN(C(=O)NCC(C)(C)C(=O)O)c1ccc(C)cc1. The second kappa shape index (κ2) is 6.41. The highest BCUT2D eigenvalue weighted by atomic mass is 16.4. The molecular formula is C15H22N2O3. The van der Waals surface area contributed by atoms with Crippen molar-refractivity contribution in [2.45, 2.75) is 27.7 Å². The Bertz CT molecular complexity index is 480. The smallest absolute Gasteiger partial charge is 0.321 e. The number of urea groups is 1. The van der Waals surface area contributed by atoms with Crippen molar-refractivity contribution in [3.8, 4) is 0 Å². The minimum absolute atomic E-state index is 0.0868. The standard InChI is InChI=1S/C15H22N2O3/c1-5-17(12-8-6-11(2)7-9-12)14(20)16-10-15(3,4)13(18)19/h6-9H,5,10H2,1-4H3,(H,16,20)(H,18,19). The molecule has 0 saturated heterocycles. The van der Waals surface area contributed by atoms with Gasteiger partial charge in [0, 0.05) is 18.8 Å². The molecule has 1 rings (SSSR count). The van der Waals surface area contributed by atoms with Gasteiger partial charge in [-0.05, 0) is 39.8 Å². The van der Waals surface area contributed by atoms with Crippen LogP contribution in [0.2, 0.25) is 0 Å². The number of carboxylic acid groups (broad SMARTS) is 1. The van der Waals surface area contributed by atoms with E-state index < -0.39 is 11.4 Å². The Morgan fingerprint density at radius 1 is 1.25 bits per heavy atom. The molecule has 0 unspecified atom stereocenters. The molecule has 0 atom stereocenters. The summed E-state index contributed by atoms with van der Waals surface area (Å²) in [4.78, 5) is 24.7. The highest BCUT2D eigenvalue weighted by Gasteiger charge is 2.28. The van der Waals surface area contributed by atoms with Crippen molar-refractivity contribution in [3.05, 3.63) is 29.8 Å². The largest absolute Gasteiger partial charge is 0.481 e. The number of hydrogen-bond acceptors (Lipinski definition) is 2. The zero-order valence-corrected chi connectivity index (χ0v) is 12.4. The van der Waals surface area contributed by atoms with Gasteiger partial charge >= 0.3 is 12.0 Å². The molecule has 0 aliphatic carbocycles. The minimum atomic E-state index is -0.984. The van der Waals surface area contributed by atoms with Crippen molar-refractivity contribution in [3.63, 3.8) is 0 Å². The normalized spacial score (nSPS) is 11.0. The number of aliphatic carboxylic acids is 1. The van der Waals surface area contributed by atoms with Crippen molar-refractivity contribution >= 4 is 17.7 Å². The zero-order chi connectivity index (χ0) is 15.3. The number of carbonyl (C=O) groups excluding carboxylic acids is 1. The molecule has 0 aromatic heterocycles. The lowest BCUT2D eigenvalue weighted by molar-refractivity contribution is -0.146. The molecule has 0 fully saturated rings. The molecule has 1 aromatic carbocycles. The van der Waals surface area contributed by atoms with Gasteiger partial charge in [-0.1, -0.05) is 17.7 Å². The number of aryl methyl sites for hydroxylation is 1. The number of rotatable bonds is 5. The number of carboxylic acids is 1. The van der Waals surface area contributed by atoms with Gasteiger partial charge in [0.05, 0.1) is 5.41 Å². The highest BCUT2D eigenvalue weighted by Crippen LogP contribution is 2.16. The van der Waals surface area contributed by atoms with Gasteiger partial charge < -0.3 is 10.4 Å². The van der Waals surface area contributed by atoms with E-state index in [4.69, 9.17) is 5.11 Å². The molecule has 0 bridgehead atoms. The van der Waals surface area contributed by atoms with Gasteiger partial charge in [0.15, 0.2) is 0 Å². The fourth-order valence-electron chi connectivity index (χ4n) is 1.64. The topological polar surface area (TPSA) is 69.6 Å². The Balaban J connectivity index is 2.73. The van der Waals surface area contributed by atoms with Crippen LogP contribution in [0.15, 0.2) is 24.3 Å². The van der Waals surface area contributed by atoms with Crippen LogP contribution in [0.5, 0.6) is 0 Å². The van der Waals surface area contributed by atoms with Crippen LogP contribution in [0.3, 0.4) is 0 Å². The average molecular weight is 278 g/mol. The van der Waals surface area contributed by atoms with Crippen molar-refractivity contribution in [1.82, 2.24) is 5.32 Å². The molecule has 2 N–H and O–H groups in total. The van der Waals surface area contributed by atoms with E-state index >= 15 is 0 Å². The van der Waals surface area contributed by atoms with E-state index in [0.717, 1.165) is 11.3 Å². The molecular weight excluding hydrogens is 256 g/mol. The van der Waals surface area contributed by atoms with Crippen molar-refractivity contribution < 1.29 is 14.7 Å². The molecule has 1 aromatic rings. The number of amides is 2. The summed E-state index contributed by atoms with van der Waals surface area (Å²) in [5, 5.41) is 11.7. The van der Waals surface area contributed by atoms with Gasteiger partial charge in [0.2, 0.25) is 0 Å². The summed E-state index contributed by atoms with van der Waals surface area (Å²) in [5.41, 5.74) is 0.934. The molecule has 0 heterocycles. The van der Waals surface area contributed by atoms with Gasteiger partial charge in [-0.15, -0.1) is 0 Å². The lowest BCUT2D eigenvalue weighted by Gasteiger charge is -2.25. The monoisotopic (exact) mass is 278 g/mol. The van der Waals surface area contributed by atoms with Crippen LogP contribution in [0.1, 0.15) is 26.3 Å². The van der Waals surface area contributed by atoms with E-state index in [1.165, 1.54) is 0 Å². The van der Waals surface area contributed by atoms with E-state index in [2.05, 4.69) is 5.32 Å². The van der Waals surface area contributed by atoms with Crippen molar-refractivity contribution in [2.75, 3.05) is 18.0 Å². The van der Waals surface area contributed by atoms with Crippen LogP contribution < -0.4 is 10.2 Å². The third kappa shape index (κ3) is 3.98. The predicted molar refractivity (Wildman–Crippen MR) is 79.0 cm³/mol. The summed E-state index contributed by atoms with van der Waals surface area (Å²) < 4.78 is 0. The number of nitrogens with zero attached hydrogens (tertiary/aromatic N) is 1. The van der Waals surface area contributed by atoms with Crippen LogP contribution in [0.4, 0.5) is 10.5 Å². The summed E-state index contributed by atoms with van der Waals surface area (Å²) in [6, 6.07) is 7.34. The Morgan fingerprint density at radius 2 is 1.80 bits per heavy atom. The van der Waals surface area contributed by atoms with Gasteiger partial charge in [0.25, 0.3) is 0 Å². The first-order valence-electron chi connectivity index (χ1n) is 6.63. The fourth-order valence-corrected chi connectivity index (χ4v) is 1.64. The average Bonchev–Trinajstić information content (AvgIpc) is 2.39. The molecule has 0 aliphatic heterocycles. The molecule has 2 amide bonds. The maximum absolute atomic E-state index is 12.2. The van der Waals surface area contributed by atoms with E-state index in [1.54, 1.807) is 18.7 Å². The van der Waals surface area contributed by atoms with Crippen LogP contribution in [0.25, 0.3) is 0 Å². The first-order chi connectivity index (χ1) is 9.27. The van der Waals surface area contributed by atoms with E-state index in [0.29, 0.717) is 6.54 Å². The molecule has 20 heavy (non-hydrogen) atoms. The summed E-state index contributed by atoms with van der Waals surface area (Å²) in [7, 11) is 0. The maximum Gasteiger partial charge on any atom is 0.321 e. The summed E-state index contributed by atoms with van der Waals surface area (Å²) in [5.74, 6) is -0.934. The van der Waals surface area contributed by atoms with Gasteiger partial charge in [-0.3, -0.25) is 9.69 Å². The highest BCUT2D eigenvalue weighted by molar-refractivity contribution is 5.92. The van der Waals surface area contributed by atoms with Gasteiger partial charge in [0.1, 0.15) is 0 Å². The van der Waals surface area contributed by atoms with Crippen molar-refractivity contribution in [2.24, 2.45) is 5.41 Å². The predicted octanol–water partition coefficient (Wildman–Crippen LogP) is 2.64. The number of hydrogen-bond donors (Lipinski definition) is 2. The Kier molecular flexibility index (Phi) is 5.13. The molecule has 0 aliphatic rings. The molecule has 0 saturated carbocycles. The molecule has 5 heteroatoms. The number of anilines is 1. The molecule has 0 radical (unpaired) electrons. The second-order valence-electron chi connectivity index (χ2n) is 5.43. The Labute approximate surface area is 119 Å². The Hall–Kier alpha value is -2.04. The fraction of sp³-hybridized carbons (Fsp3) is 0.467. The number of nitrogens with one attached hydrogen (secondary N) is 1.